The van der Waals surface area contributed by atoms with Crippen molar-refractivity contribution in [1.29, 1.82) is 0 Å². The normalized spacial score (nSPS) is 16.1. The monoisotopic (exact) mass is 348 g/mol. The smallest absolute Gasteiger partial charge is 0.256 e. The first kappa shape index (κ1) is 16.9. The van der Waals surface area contributed by atoms with E-state index in [9.17, 15) is 4.79 Å². The maximum absolute atomic E-state index is 12.7. The van der Waals surface area contributed by atoms with E-state index in [0.29, 0.717) is 5.92 Å². The van der Waals surface area contributed by atoms with Gasteiger partial charge in [0, 0.05) is 28.1 Å². The van der Waals surface area contributed by atoms with Gasteiger partial charge in [-0.05, 0) is 50.5 Å². The van der Waals surface area contributed by atoms with Gasteiger partial charge < -0.3 is 14.6 Å². The third-order valence-corrected chi connectivity index (χ3v) is 5.46. The lowest BCUT2D eigenvalue weighted by atomic mass is 9.86. The Hall–Kier alpha value is -2.59. The number of nitrogens with one attached hydrogen (secondary N) is 1. The molecular formula is C22H24N2O2. The predicted octanol–water partition coefficient (Wildman–Crippen LogP) is 4.01. The third-order valence-electron chi connectivity index (χ3n) is 5.46. The molecule has 4 rings (SSSR count). The second-order valence-corrected chi connectivity index (χ2v) is 7.07. The van der Waals surface area contributed by atoms with Crippen molar-refractivity contribution in [3.8, 4) is 16.9 Å². The number of aromatic nitrogens is 1. The molecule has 0 amide bonds. The number of likely N-dealkylation sites (tertiary alicyclic amines) is 1. The van der Waals surface area contributed by atoms with Gasteiger partial charge in [-0.3, -0.25) is 4.79 Å². The molecule has 1 fully saturated rings. The molecule has 1 aromatic heterocycles. The molecule has 3 aromatic rings. The fourth-order valence-corrected chi connectivity index (χ4v) is 4.04. The number of fused-ring (bicyclic) bond motifs is 1. The molecule has 0 unspecified atom stereocenters. The Bertz CT molecular complexity index is 985. The van der Waals surface area contributed by atoms with Crippen LogP contribution in [0.2, 0.25) is 0 Å². The largest absolute Gasteiger partial charge is 0.496 e. The lowest BCUT2D eigenvalue weighted by Crippen LogP contribution is -2.30. The van der Waals surface area contributed by atoms with Crippen LogP contribution in [0.25, 0.3) is 21.9 Å². The summed E-state index contributed by atoms with van der Waals surface area (Å²) in [7, 11) is 3.85. The summed E-state index contributed by atoms with van der Waals surface area (Å²) in [4.78, 5) is 18.3. The van der Waals surface area contributed by atoms with Crippen LogP contribution in [0.3, 0.4) is 0 Å². The summed E-state index contributed by atoms with van der Waals surface area (Å²) in [6, 6.07) is 15.9. The van der Waals surface area contributed by atoms with Crippen molar-refractivity contribution in [1.82, 2.24) is 9.88 Å². The van der Waals surface area contributed by atoms with E-state index in [4.69, 9.17) is 4.74 Å². The first-order chi connectivity index (χ1) is 12.7. The van der Waals surface area contributed by atoms with Gasteiger partial charge in [0.05, 0.1) is 7.11 Å². The summed E-state index contributed by atoms with van der Waals surface area (Å²) in [6.07, 6.45) is 2.10. The molecule has 134 valence electrons. The van der Waals surface area contributed by atoms with E-state index >= 15 is 0 Å². The number of ether oxygens (including phenoxy) is 1. The Morgan fingerprint density at radius 2 is 1.65 bits per heavy atom. The number of pyridine rings is 1. The molecule has 0 radical (unpaired) electrons. The molecule has 0 aliphatic carbocycles. The van der Waals surface area contributed by atoms with E-state index in [2.05, 4.69) is 23.0 Å². The zero-order valence-corrected chi connectivity index (χ0v) is 15.3. The van der Waals surface area contributed by atoms with Crippen LogP contribution in [0.1, 0.15) is 24.5 Å². The summed E-state index contributed by atoms with van der Waals surface area (Å²) >= 11 is 0. The fraction of sp³-hybridized carbons (Fsp3) is 0.318. The van der Waals surface area contributed by atoms with Crippen molar-refractivity contribution >= 4 is 10.8 Å². The first-order valence-corrected chi connectivity index (χ1v) is 9.16. The summed E-state index contributed by atoms with van der Waals surface area (Å²) < 4.78 is 5.64. The van der Waals surface area contributed by atoms with E-state index < -0.39 is 0 Å². The standard InChI is InChI=1S/C22H24N2O2/c1-24-13-11-15(12-14-24)21-20(18-9-5-6-10-19(18)26-2)16-7-3-4-8-17(16)22(25)23-21/h3-10,15H,11-14H2,1-2H3,(H,23,25). The molecule has 2 aromatic carbocycles. The zero-order chi connectivity index (χ0) is 18.1. The molecule has 4 nitrogen and oxygen atoms in total. The number of H-pyrrole nitrogens is 1. The number of piperidine rings is 1. The summed E-state index contributed by atoms with van der Waals surface area (Å²) in [5, 5.41) is 1.72. The van der Waals surface area contributed by atoms with Gasteiger partial charge in [0.1, 0.15) is 5.75 Å². The second-order valence-electron chi connectivity index (χ2n) is 7.07. The van der Waals surface area contributed by atoms with Crippen LogP contribution < -0.4 is 10.3 Å². The Balaban J connectivity index is 2.00. The minimum absolute atomic E-state index is 0.00632. The van der Waals surface area contributed by atoms with E-state index in [1.54, 1.807) is 7.11 Å². The van der Waals surface area contributed by atoms with Crippen LogP contribution in [0.15, 0.2) is 53.3 Å². The minimum atomic E-state index is -0.00632. The van der Waals surface area contributed by atoms with Crippen LogP contribution in [0.5, 0.6) is 5.75 Å². The molecule has 1 aliphatic rings. The number of hydrogen-bond donors (Lipinski definition) is 1. The average Bonchev–Trinajstić information content (AvgIpc) is 2.68. The zero-order valence-electron chi connectivity index (χ0n) is 15.3. The third kappa shape index (κ3) is 2.90. The Labute approximate surface area is 153 Å². The van der Waals surface area contributed by atoms with Gasteiger partial charge in [0.2, 0.25) is 0 Å². The lowest BCUT2D eigenvalue weighted by molar-refractivity contribution is 0.253. The molecule has 0 spiro atoms. The van der Waals surface area contributed by atoms with Crippen LogP contribution in [-0.2, 0) is 0 Å². The van der Waals surface area contributed by atoms with Crippen molar-refractivity contribution in [2.45, 2.75) is 18.8 Å². The van der Waals surface area contributed by atoms with Gasteiger partial charge in [-0.25, -0.2) is 0 Å². The second kappa shape index (κ2) is 6.96. The van der Waals surface area contributed by atoms with E-state index in [1.165, 1.54) is 0 Å². The number of methoxy groups -OCH3 is 1. The van der Waals surface area contributed by atoms with Gasteiger partial charge in [0.15, 0.2) is 0 Å². The Morgan fingerprint density at radius 3 is 2.38 bits per heavy atom. The van der Waals surface area contributed by atoms with Gasteiger partial charge >= 0.3 is 0 Å². The molecule has 0 bridgehead atoms. The Morgan fingerprint density at radius 1 is 1.00 bits per heavy atom. The van der Waals surface area contributed by atoms with E-state index in [-0.39, 0.29) is 5.56 Å². The van der Waals surface area contributed by atoms with Crippen molar-refractivity contribution in [3.63, 3.8) is 0 Å². The molecule has 4 heteroatoms. The number of rotatable bonds is 3. The van der Waals surface area contributed by atoms with Crippen LogP contribution in [-0.4, -0.2) is 37.1 Å². The van der Waals surface area contributed by atoms with Crippen LogP contribution in [0.4, 0.5) is 0 Å². The molecular weight excluding hydrogens is 324 g/mol. The van der Waals surface area contributed by atoms with Crippen molar-refractivity contribution in [2.75, 3.05) is 27.2 Å². The first-order valence-electron chi connectivity index (χ1n) is 9.16. The molecule has 1 aliphatic heterocycles. The minimum Gasteiger partial charge on any atom is -0.496 e. The SMILES string of the molecule is COc1ccccc1-c1c(C2CCN(C)CC2)[nH]c(=O)c2ccccc12. The summed E-state index contributed by atoms with van der Waals surface area (Å²) in [5.41, 5.74) is 3.18. The number of para-hydroxylation sites is 1. The molecule has 1 saturated heterocycles. The highest BCUT2D eigenvalue weighted by Gasteiger charge is 2.25. The highest BCUT2D eigenvalue weighted by molar-refractivity contribution is 5.98. The lowest BCUT2D eigenvalue weighted by Gasteiger charge is -2.30. The maximum Gasteiger partial charge on any atom is 0.256 e. The van der Waals surface area contributed by atoms with Crippen molar-refractivity contribution < 1.29 is 4.74 Å². The summed E-state index contributed by atoms with van der Waals surface area (Å²) in [5.74, 6) is 1.18. The highest BCUT2D eigenvalue weighted by atomic mass is 16.5. The predicted molar refractivity (Wildman–Crippen MR) is 106 cm³/mol. The average molecular weight is 348 g/mol. The number of nitrogens with zero attached hydrogens (tertiary/aromatic N) is 1. The van der Waals surface area contributed by atoms with E-state index in [1.807, 2.05) is 42.5 Å². The quantitative estimate of drug-likeness (QED) is 0.778. The number of benzene rings is 2. The van der Waals surface area contributed by atoms with E-state index in [0.717, 1.165) is 59.3 Å². The van der Waals surface area contributed by atoms with Crippen LogP contribution >= 0.6 is 0 Å². The molecule has 0 atom stereocenters. The van der Waals surface area contributed by atoms with Gasteiger partial charge in [-0.1, -0.05) is 36.4 Å². The molecule has 2 heterocycles. The van der Waals surface area contributed by atoms with Crippen molar-refractivity contribution in [2.24, 2.45) is 0 Å². The highest BCUT2D eigenvalue weighted by Crippen LogP contribution is 2.40. The topological polar surface area (TPSA) is 45.3 Å². The number of hydrogen-bond acceptors (Lipinski definition) is 3. The molecule has 26 heavy (non-hydrogen) atoms. The van der Waals surface area contributed by atoms with Crippen molar-refractivity contribution in [3.05, 3.63) is 64.6 Å². The maximum atomic E-state index is 12.7. The van der Waals surface area contributed by atoms with Gasteiger partial charge in [-0.15, -0.1) is 0 Å². The fourth-order valence-electron chi connectivity index (χ4n) is 4.04. The number of aromatic amines is 1. The van der Waals surface area contributed by atoms with Gasteiger partial charge in [-0.2, -0.15) is 0 Å². The molecule has 0 saturated carbocycles. The Kier molecular flexibility index (Phi) is 4.51. The molecule has 1 N–H and O–H groups in total. The van der Waals surface area contributed by atoms with Crippen LogP contribution in [0, 0.1) is 0 Å². The van der Waals surface area contributed by atoms with Gasteiger partial charge in [0.25, 0.3) is 5.56 Å². The summed E-state index contributed by atoms with van der Waals surface area (Å²) in [6.45, 7) is 2.09.